The van der Waals surface area contributed by atoms with Gasteiger partial charge in [0.2, 0.25) is 5.69 Å². The molecule has 0 amide bonds. The molecule has 40 heavy (non-hydrogen) atoms. The van der Waals surface area contributed by atoms with Crippen molar-refractivity contribution in [1.82, 2.24) is 14.8 Å². The normalized spacial score (nSPS) is 11.5. The van der Waals surface area contributed by atoms with Crippen LogP contribution in [0.5, 0.6) is 0 Å². The number of aromatic amines is 1. The summed E-state index contributed by atoms with van der Waals surface area (Å²) in [6.07, 6.45) is 0. The Hall–Kier alpha value is -5.29. The van der Waals surface area contributed by atoms with Crippen molar-refractivity contribution in [3.63, 3.8) is 0 Å². The summed E-state index contributed by atoms with van der Waals surface area (Å²) in [6.45, 7) is 1.89. The number of nitrogens with zero attached hydrogens (tertiary/aromatic N) is 3. The second-order valence-electron chi connectivity index (χ2n) is 9.07. The molecule has 2 heterocycles. The van der Waals surface area contributed by atoms with Crippen molar-refractivity contribution in [2.45, 2.75) is 11.9 Å². The average Bonchev–Trinajstić information content (AvgIpc) is 3.36. The van der Waals surface area contributed by atoms with Gasteiger partial charge in [0, 0.05) is 23.4 Å². The Morgan fingerprint density at radius 3 is 2.25 bits per heavy atom. The smallest absolute Gasteiger partial charge is 0.281 e. The van der Waals surface area contributed by atoms with Gasteiger partial charge in [0.15, 0.2) is 0 Å². The second kappa shape index (κ2) is 9.79. The molecular weight excluding hydrogens is 530 g/mol. The Kier molecular flexibility index (Phi) is 6.12. The Balaban J connectivity index is 1.39. The van der Waals surface area contributed by atoms with Crippen molar-refractivity contribution >= 4 is 26.6 Å². The van der Waals surface area contributed by atoms with E-state index in [0.29, 0.717) is 28.1 Å². The number of aromatic nitrogens is 4. The number of rotatable bonds is 6. The zero-order valence-electron chi connectivity index (χ0n) is 21.1. The fourth-order valence-corrected chi connectivity index (χ4v) is 5.58. The molecule has 6 rings (SSSR count). The van der Waals surface area contributed by atoms with Crippen molar-refractivity contribution < 1.29 is 17.6 Å². The Labute approximate surface area is 227 Å². The minimum atomic E-state index is -4.36. The molecule has 0 aliphatic rings. The SMILES string of the molecule is Cc1ccc(-[n+]2[nH]oc(=O)c2S(=O)(=O)Nc2ccc(-n3c(-c4ccccc4)nc4ccccc4c3=O)cc2)cc1. The van der Waals surface area contributed by atoms with Gasteiger partial charge in [-0.05, 0) is 53.3 Å². The van der Waals surface area contributed by atoms with E-state index in [-0.39, 0.29) is 11.2 Å². The van der Waals surface area contributed by atoms with Crippen LogP contribution < -0.4 is 20.6 Å². The third-order valence-corrected chi connectivity index (χ3v) is 7.70. The first kappa shape index (κ1) is 25.0. The highest BCUT2D eigenvalue weighted by Gasteiger charge is 2.36. The molecule has 11 heteroatoms. The van der Waals surface area contributed by atoms with E-state index < -0.39 is 20.7 Å². The molecule has 10 nitrogen and oxygen atoms in total. The van der Waals surface area contributed by atoms with Crippen LogP contribution in [-0.2, 0) is 10.0 Å². The quantitative estimate of drug-likeness (QED) is 0.303. The van der Waals surface area contributed by atoms with Crippen LogP contribution in [0.2, 0.25) is 0 Å². The fraction of sp³-hybridized carbons (Fsp3) is 0.0345. The Bertz CT molecular complexity index is 2080. The zero-order valence-corrected chi connectivity index (χ0v) is 21.9. The number of nitrogens with one attached hydrogen (secondary N) is 2. The molecule has 0 atom stereocenters. The van der Waals surface area contributed by atoms with E-state index in [9.17, 15) is 18.0 Å². The predicted octanol–water partition coefficient (Wildman–Crippen LogP) is 3.72. The van der Waals surface area contributed by atoms with E-state index in [0.717, 1.165) is 15.8 Å². The Morgan fingerprint density at radius 2 is 1.52 bits per heavy atom. The van der Waals surface area contributed by atoms with Crippen molar-refractivity contribution in [2.24, 2.45) is 0 Å². The van der Waals surface area contributed by atoms with E-state index in [1.54, 1.807) is 54.6 Å². The van der Waals surface area contributed by atoms with Crippen LogP contribution in [0.15, 0.2) is 122 Å². The molecule has 0 aliphatic carbocycles. The molecule has 0 unspecified atom stereocenters. The van der Waals surface area contributed by atoms with Crippen LogP contribution in [0.4, 0.5) is 5.69 Å². The lowest BCUT2D eigenvalue weighted by atomic mass is 10.1. The number of fused-ring (bicyclic) bond motifs is 1. The summed E-state index contributed by atoms with van der Waals surface area (Å²) in [4.78, 5) is 30.7. The maximum Gasteiger partial charge on any atom is 0.449 e. The number of hydrogen-bond donors (Lipinski definition) is 2. The molecule has 0 radical (unpaired) electrons. The van der Waals surface area contributed by atoms with Crippen molar-refractivity contribution in [2.75, 3.05) is 4.72 Å². The number of sulfonamides is 1. The third kappa shape index (κ3) is 4.48. The van der Waals surface area contributed by atoms with Gasteiger partial charge in [0.1, 0.15) is 5.82 Å². The zero-order chi connectivity index (χ0) is 27.9. The van der Waals surface area contributed by atoms with Gasteiger partial charge >= 0.3 is 20.7 Å². The number of benzene rings is 4. The third-order valence-electron chi connectivity index (χ3n) is 6.34. The molecule has 0 spiro atoms. The van der Waals surface area contributed by atoms with Crippen LogP contribution in [-0.4, -0.2) is 23.2 Å². The van der Waals surface area contributed by atoms with Gasteiger partial charge in [-0.15, -0.1) is 0 Å². The molecule has 4 aromatic carbocycles. The topological polar surface area (TPSA) is 131 Å². The van der Waals surface area contributed by atoms with Crippen molar-refractivity contribution in [3.8, 4) is 22.8 Å². The maximum atomic E-state index is 13.6. The van der Waals surface area contributed by atoms with Crippen LogP contribution >= 0.6 is 0 Å². The molecule has 6 aromatic rings. The van der Waals surface area contributed by atoms with Gasteiger partial charge in [-0.3, -0.25) is 18.6 Å². The molecule has 2 N–H and O–H groups in total. The van der Waals surface area contributed by atoms with E-state index in [4.69, 9.17) is 9.51 Å². The summed E-state index contributed by atoms with van der Waals surface area (Å²) < 4.78 is 36.3. The first-order valence-corrected chi connectivity index (χ1v) is 13.7. The highest BCUT2D eigenvalue weighted by molar-refractivity contribution is 7.92. The van der Waals surface area contributed by atoms with Crippen LogP contribution in [0, 0.1) is 6.92 Å². The maximum absolute atomic E-state index is 13.6. The van der Waals surface area contributed by atoms with Gasteiger partial charge in [-0.25, -0.2) is 9.78 Å². The monoisotopic (exact) mass is 552 g/mol. The summed E-state index contributed by atoms with van der Waals surface area (Å²) in [5.41, 5.74) is 2.04. The van der Waals surface area contributed by atoms with Gasteiger partial charge in [-0.2, -0.15) is 8.42 Å². The largest absolute Gasteiger partial charge is 0.449 e. The van der Waals surface area contributed by atoms with E-state index in [2.05, 4.69) is 9.99 Å². The van der Waals surface area contributed by atoms with Crippen LogP contribution in [0.3, 0.4) is 0 Å². The van der Waals surface area contributed by atoms with E-state index >= 15 is 0 Å². The first-order chi connectivity index (χ1) is 19.3. The van der Waals surface area contributed by atoms with Crippen LogP contribution in [0.25, 0.3) is 33.7 Å². The second-order valence-corrected chi connectivity index (χ2v) is 10.7. The Morgan fingerprint density at radius 1 is 0.850 bits per heavy atom. The molecule has 0 fully saturated rings. The standard InChI is InChI=1S/C29H21N5O5S/c1-19-11-15-23(16-12-19)34-28(29(36)39-32-34)40(37,38)31-21-13-17-22(18-14-21)33-26(20-7-3-2-4-8-20)30-25-10-6-5-9-24(25)27(33)35/h2-18,31H,1H3/p+1. The van der Waals surface area contributed by atoms with Crippen molar-refractivity contribution in [3.05, 3.63) is 129 Å². The van der Waals surface area contributed by atoms with Gasteiger partial charge in [-0.1, -0.05) is 60.2 Å². The van der Waals surface area contributed by atoms with Crippen LogP contribution in [0.1, 0.15) is 5.56 Å². The number of aryl methyl sites for hydroxylation is 1. The average molecular weight is 553 g/mol. The van der Waals surface area contributed by atoms with Gasteiger partial charge in [0.05, 0.1) is 16.6 Å². The molecule has 198 valence electrons. The summed E-state index contributed by atoms with van der Waals surface area (Å²) in [7, 11) is -4.36. The lowest BCUT2D eigenvalue weighted by Crippen LogP contribution is -2.42. The van der Waals surface area contributed by atoms with E-state index in [1.807, 2.05) is 43.3 Å². The highest BCUT2D eigenvalue weighted by atomic mass is 32.2. The fourth-order valence-electron chi connectivity index (χ4n) is 4.39. The molecular formula is C29H22N5O5S+. The first-order valence-electron chi connectivity index (χ1n) is 12.2. The number of anilines is 1. The predicted molar refractivity (Wildman–Crippen MR) is 149 cm³/mol. The number of hydrogen-bond acceptors (Lipinski definition) is 6. The molecule has 0 saturated carbocycles. The summed E-state index contributed by atoms with van der Waals surface area (Å²) >= 11 is 0. The number of para-hydroxylation sites is 1. The van der Waals surface area contributed by atoms with Gasteiger partial charge in [0.25, 0.3) is 5.56 Å². The number of H-pyrrole nitrogens is 1. The summed E-state index contributed by atoms with van der Waals surface area (Å²) in [6, 6.07) is 29.5. The lowest BCUT2D eigenvalue weighted by molar-refractivity contribution is -0.705. The lowest BCUT2D eigenvalue weighted by Gasteiger charge is -2.14. The molecule has 0 bridgehead atoms. The molecule has 0 saturated heterocycles. The minimum Gasteiger partial charge on any atom is -0.281 e. The van der Waals surface area contributed by atoms with E-state index in [1.165, 1.54) is 16.7 Å². The summed E-state index contributed by atoms with van der Waals surface area (Å²) in [5.74, 6) is 0.446. The minimum absolute atomic E-state index is 0.183. The van der Waals surface area contributed by atoms with Crippen molar-refractivity contribution in [1.29, 1.82) is 0 Å². The van der Waals surface area contributed by atoms with Gasteiger partial charge < -0.3 is 0 Å². The summed E-state index contributed by atoms with van der Waals surface area (Å²) in [5, 5.41) is 2.18. The molecule has 2 aromatic heterocycles. The molecule has 0 aliphatic heterocycles. The highest BCUT2D eigenvalue weighted by Crippen LogP contribution is 2.23.